The zero-order valence-corrected chi connectivity index (χ0v) is 14.1. The first kappa shape index (κ1) is 13.8. The number of hydrogen-bond acceptors (Lipinski definition) is 1. The highest BCUT2D eigenvalue weighted by molar-refractivity contribution is 6.31. The number of pyridine rings is 1. The van der Waals surface area contributed by atoms with Crippen LogP contribution in [0.1, 0.15) is 0 Å². The smallest absolute Gasteiger partial charge is 0.0708 e. The number of fused-ring (bicyclic) bond motifs is 9. The van der Waals surface area contributed by atoms with Gasteiger partial charge in [-0.1, -0.05) is 72.8 Å². The van der Waals surface area contributed by atoms with Crippen LogP contribution in [-0.2, 0) is 0 Å². The summed E-state index contributed by atoms with van der Waals surface area (Å²) in [5, 5.41) is 11.6. The van der Waals surface area contributed by atoms with E-state index in [1.54, 1.807) is 0 Å². The minimum absolute atomic E-state index is 1.05. The van der Waals surface area contributed by atoms with Crippen molar-refractivity contribution in [2.45, 2.75) is 0 Å². The minimum Gasteiger partial charge on any atom is -0.256 e. The van der Waals surface area contributed by atoms with Gasteiger partial charge in [-0.25, -0.2) is 0 Å². The Morgan fingerprint density at radius 2 is 1.00 bits per heavy atom. The minimum atomic E-state index is 1.05. The van der Waals surface area contributed by atoms with E-state index < -0.39 is 0 Å². The molecule has 0 bridgehead atoms. The fourth-order valence-corrected chi connectivity index (χ4v) is 4.29. The molecule has 120 valence electrons. The van der Waals surface area contributed by atoms with Crippen molar-refractivity contribution in [2.75, 3.05) is 0 Å². The second kappa shape index (κ2) is 5.03. The molecule has 0 aliphatic carbocycles. The number of aromatic nitrogens is 1. The van der Waals surface area contributed by atoms with Crippen LogP contribution in [0, 0.1) is 0 Å². The standard InChI is InChI=1S/C25H15N/c1-2-5-20-16(4-1)7-8-17-9-11-19-12-10-18-13-14-22-21(6-3-15-26-22)24(18)25(19)23(17)20/h1-15H. The van der Waals surface area contributed by atoms with Crippen LogP contribution in [0.25, 0.3) is 54.0 Å². The van der Waals surface area contributed by atoms with Gasteiger partial charge in [0.2, 0.25) is 0 Å². The Labute approximate surface area is 150 Å². The molecule has 0 spiro atoms. The summed E-state index contributed by atoms with van der Waals surface area (Å²) in [7, 11) is 0. The molecule has 6 rings (SSSR count). The highest BCUT2D eigenvalue weighted by atomic mass is 14.6. The van der Waals surface area contributed by atoms with Gasteiger partial charge in [-0.2, -0.15) is 0 Å². The number of nitrogens with zero attached hydrogens (tertiary/aromatic N) is 1. The largest absolute Gasteiger partial charge is 0.256 e. The molecule has 0 amide bonds. The van der Waals surface area contributed by atoms with Crippen LogP contribution in [0.2, 0.25) is 0 Å². The molecule has 6 aromatic rings. The Morgan fingerprint density at radius 1 is 0.423 bits per heavy atom. The third kappa shape index (κ3) is 1.77. The quantitative estimate of drug-likeness (QED) is 0.278. The van der Waals surface area contributed by atoms with Gasteiger partial charge in [0, 0.05) is 11.6 Å². The maximum Gasteiger partial charge on any atom is 0.0708 e. The van der Waals surface area contributed by atoms with Crippen LogP contribution < -0.4 is 0 Å². The summed E-state index contributed by atoms with van der Waals surface area (Å²) >= 11 is 0. The Morgan fingerprint density at radius 3 is 1.81 bits per heavy atom. The van der Waals surface area contributed by atoms with Crippen LogP contribution in [0.4, 0.5) is 0 Å². The Hall–Kier alpha value is -3.45. The van der Waals surface area contributed by atoms with E-state index in [1.165, 1.54) is 48.5 Å². The SMILES string of the molecule is c1ccc2c(c1)ccc1ccc3ccc4ccc5ncccc5c4c3c12. The fraction of sp³-hybridized carbons (Fsp3) is 0. The monoisotopic (exact) mass is 329 g/mol. The van der Waals surface area contributed by atoms with E-state index in [9.17, 15) is 0 Å². The number of benzene rings is 5. The molecule has 0 atom stereocenters. The van der Waals surface area contributed by atoms with E-state index in [-0.39, 0.29) is 0 Å². The lowest BCUT2D eigenvalue weighted by atomic mass is 9.91. The molecule has 0 aliphatic heterocycles. The summed E-state index contributed by atoms with van der Waals surface area (Å²) in [6.07, 6.45) is 1.87. The molecule has 1 aromatic heterocycles. The van der Waals surface area contributed by atoms with Crippen LogP contribution in [-0.4, -0.2) is 4.98 Å². The van der Waals surface area contributed by atoms with E-state index in [0.717, 1.165) is 5.52 Å². The normalized spacial score (nSPS) is 11.8. The molecule has 0 aliphatic rings. The van der Waals surface area contributed by atoms with Crippen molar-refractivity contribution in [1.29, 1.82) is 0 Å². The van der Waals surface area contributed by atoms with Crippen molar-refractivity contribution in [2.24, 2.45) is 0 Å². The van der Waals surface area contributed by atoms with Crippen LogP contribution in [0.15, 0.2) is 91.1 Å². The van der Waals surface area contributed by atoms with Gasteiger partial charge < -0.3 is 0 Å². The second-order valence-corrected chi connectivity index (χ2v) is 6.85. The molecule has 5 aromatic carbocycles. The molecule has 0 N–H and O–H groups in total. The first-order chi connectivity index (χ1) is 12.9. The predicted octanol–water partition coefficient (Wildman–Crippen LogP) is 6.85. The van der Waals surface area contributed by atoms with Gasteiger partial charge in [-0.3, -0.25) is 4.98 Å². The molecule has 1 nitrogen and oxygen atoms in total. The summed E-state index contributed by atoms with van der Waals surface area (Å²) in [5.74, 6) is 0. The average Bonchev–Trinajstić information content (AvgIpc) is 2.72. The molecule has 1 heteroatoms. The van der Waals surface area contributed by atoms with Gasteiger partial charge in [0.1, 0.15) is 0 Å². The third-order valence-electron chi connectivity index (χ3n) is 5.45. The summed E-state index contributed by atoms with van der Waals surface area (Å²) < 4.78 is 0. The van der Waals surface area contributed by atoms with Gasteiger partial charge in [-0.15, -0.1) is 0 Å². The van der Waals surface area contributed by atoms with E-state index in [2.05, 4.69) is 83.8 Å². The van der Waals surface area contributed by atoms with Crippen molar-refractivity contribution in [3.05, 3.63) is 91.1 Å². The Bertz CT molecular complexity index is 1360. The summed E-state index contributed by atoms with van der Waals surface area (Å²) in [6, 6.07) is 30.6. The first-order valence-electron chi connectivity index (χ1n) is 8.91. The molecule has 26 heavy (non-hydrogen) atoms. The van der Waals surface area contributed by atoms with Crippen LogP contribution >= 0.6 is 0 Å². The van der Waals surface area contributed by atoms with Gasteiger partial charge >= 0.3 is 0 Å². The summed E-state index contributed by atoms with van der Waals surface area (Å²) in [6.45, 7) is 0. The summed E-state index contributed by atoms with van der Waals surface area (Å²) in [5.41, 5.74) is 1.05. The molecule has 0 fully saturated rings. The Kier molecular flexibility index (Phi) is 2.67. The third-order valence-corrected chi connectivity index (χ3v) is 5.45. The lowest BCUT2D eigenvalue weighted by Gasteiger charge is -2.12. The molecular formula is C25H15N. The predicted molar refractivity (Wildman–Crippen MR) is 112 cm³/mol. The van der Waals surface area contributed by atoms with E-state index >= 15 is 0 Å². The first-order valence-corrected chi connectivity index (χ1v) is 8.91. The lowest BCUT2D eigenvalue weighted by molar-refractivity contribution is 1.42. The molecule has 0 saturated heterocycles. The van der Waals surface area contributed by atoms with Crippen LogP contribution in [0.3, 0.4) is 0 Å². The average molecular weight is 329 g/mol. The fourth-order valence-electron chi connectivity index (χ4n) is 4.29. The maximum absolute atomic E-state index is 4.58. The van der Waals surface area contributed by atoms with E-state index in [1.807, 2.05) is 12.3 Å². The van der Waals surface area contributed by atoms with E-state index in [4.69, 9.17) is 0 Å². The highest BCUT2D eigenvalue weighted by Gasteiger charge is 2.11. The molecule has 1 heterocycles. The van der Waals surface area contributed by atoms with Crippen molar-refractivity contribution in [3.8, 4) is 0 Å². The number of rotatable bonds is 0. The topological polar surface area (TPSA) is 12.9 Å². The molecular weight excluding hydrogens is 314 g/mol. The summed E-state index contributed by atoms with van der Waals surface area (Å²) in [4.78, 5) is 4.58. The second-order valence-electron chi connectivity index (χ2n) is 6.85. The molecule has 0 saturated carbocycles. The van der Waals surface area contributed by atoms with Crippen molar-refractivity contribution in [3.63, 3.8) is 0 Å². The zero-order valence-electron chi connectivity index (χ0n) is 14.1. The Balaban J connectivity index is 2.03. The lowest BCUT2D eigenvalue weighted by Crippen LogP contribution is -1.86. The van der Waals surface area contributed by atoms with E-state index in [0.29, 0.717) is 0 Å². The molecule has 0 radical (unpaired) electrons. The zero-order chi connectivity index (χ0) is 17.1. The maximum atomic E-state index is 4.58. The van der Waals surface area contributed by atoms with Crippen molar-refractivity contribution in [1.82, 2.24) is 4.98 Å². The van der Waals surface area contributed by atoms with Crippen molar-refractivity contribution < 1.29 is 0 Å². The van der Waals surface area contributed by atoms with Gasteiger partial charge in [-0.05, 0) is 55.2 Å². The van der Waals surface area contributed by atoms with Gasteiger partial charge in [0.05, 0.1) is 5.52 Å². The van der Waals surface area contributed by atoms with Gasteiger partial charge in [0.25, 0.3) is 0 Å². The number of hydrogen-bond donors (Lipinski definition) is 0. The van der Waals surface area contributed by atoms with Crippen molar-refractivity contribution >= 4 is 54.0 Å². The van der Waals surface area contributed by atoms with Crippen LogP contribution in [0.5, 0.6) is 0 Å². The highest BCUT2D eigenvalue weighted by Crippen LogP contribution is 2.38. The molecule has 0 unspecified atom stereocenters. The van der Waals surface area contributed by atoms with Gasteiger partial charge in [0.15, 0.2) is 0 Å².